The highest BCUT2D eigenvalue weighted by Crippen LogP contribution is 2.37. The Hall–Kier alpha value is 0.310. The fourth-order valence-electron chi connectivity index (χ4n) is 2.65. The highest BCUT2D eigenvalue weighted by molar-refractivity contribution is 8.00. The van der Waals surface area contributed by atoms with Crippen molar-refractivity contribution in [3.63, 3.8) is 0 Å². The zero-order chi connectivity index (χ0) is 12.2. The van der Waals surface area contributed by atoms with Gasteiger partial charge in [-0.25, -0.2) is 0 Å². The third-order valence-electron chi connectivity index (χ3n) is 3.70. The van der Waals surface area contributed by atoms with E-state index in [1.165, 1.54) is 31.4 Å². The lowest BCUT2D eigenvalue weighted by Gasteiger charge is -2.35. The Morgan fingerprint density at radius 3 is 2.25 bits per heavy atom. The zero-order valence-electron chi connectivity index (χ0n) is 11.5. The molecule has 2 unspecified atom stereocenters. The van der Waals surface area contributed by atoms with E-state index in [1.807, 2.05) is 0 Å². The predicted octanol–water partition coefficient (Wildman–Crippen LogP) is 4.06. The molecule has 2 heteroatoms. The summed E-state index contributed by atoms with van der Waals surface area (Å²) in [5.41, 5.74) is 6.60. The quantitative estimate of drug-likeness (QED) is 0.788. The van der Waals surface area contributed by atoms with Crippen molar-refractivity contribution in [2.75, 3.05) is 5.75 Å². The van der Waals surface area contributed by atoms with E-state index in [2.05, 4.69) is 39.5 Å². The number of thioether (sulfide) groups is 1. The van der Waals surface area contributed by atoms with Crippen molar-refractivity contribution in [3.8, 4) is 0 Å². The molecule has 1 fully saturated rings. The van der Waals surface area contributed by atoms with Gasteiger partial charge in [0, 0.05) is 11.3 Å². The molecule has 0 aliphatic heterocycles. The van der Waals surface area contributed by atoms with Crippen LogP contribution in [0.5, 0.6) is 0 Å². The minimum absolute atomic E-state index is 0.332. The van der Waals surface area contributed by atoms with E-state index >= 15 is 0 Å². The standard InChI is InChI=1S/C14H29NS/c1-5-12(15)13(14(2,3)4)16-10-11-8-6-7-9-11/h11-13H,5-10,15H2,1-4H3. The average Bonchev–Trinajstić information content (AvgIpc) is 2.68. The first kappa shape index (κ1) is 14.4. The summed E-state index contributed by atoms with van der Waals surface area (Å²) < 4.78 is 0. The van der Waals surface area contributed by atoms with Gasteiger partial charge in [-0.1, -0.05) is 40.5 Å². The fraction of sp³-hybridized carbons (Fsp3) is 1.00. The Kier molecular flexibility index (Phi) is 5.66. The summed E-state index contributed by atoms with van der Waals surface area (Å²) in [6, 6.07) is 0.353. The topological polar surface area (TPSA) is 26.0 Å². The second kappa shape index (κ2) is 6.30. The molecule has 2 N–H and O–H groups in total. The lowest BCUT2D eigenvalue weighted by Crippen LogP contribution is -2.41. The molecule has 16 heavy (non-hydrogen) atoms. The van der Waals surface area contributed by atoms with Crippen LogP contribution in [-0.2, 0) is 0 Å². The molecular formula is C14H29NS. The zero-order valence-corrected chi connectivity index (χ0v) is 12.3. The molecule has 1 saturated carbocycles. The fourth-order valence-corrected chi connectivity index (χ4v) is 4.40. The van der Waals surface area contributed by atoms with Gasteiger partial charge in [0.15, 0.2) is 0 Å². The lowest BCUT2D eigenvalue weighted by atomic mass is 9.87. The van der Waals surface area contributed by atoms with Gasteiger partial charge in [-0.05, 0) is 36.3 Å². The van der Waals surface area contributed by atoms with E-state index < -0.39 is 0 Å². The van der Waals surface area contributed by atoms with Gasteiger partial charge in [0.25, 0.3) is 0 Å². The van der Waals surface area contributed by atoms with E-state index in [9.17, 15) is 0 Å². The number of hydrogen-bond acceptors (Lipinski definition) is 2. The Labute approximate surface area is 106 Å². The van der Waals surface area contributed by atoms with Crippen LogP contribution in [0.25, 0.3) is 0 Å². The summed E-state index contributed by atoms with van der Waals surface area (Å²) in [5, 5.41) is 0.609. The Morgan fingerprint density at radius 2 is 1.81 bits per heavy atom. The minimum Gasteiger partial charge on any atom is -0.327 e. The molecule has 0 heterocycles. The lowest BCUT2D eigenvalue weighted by molar-refractivity contribution is 0.349. The van der Waals surface area contributed by atoms with Crippen LogP contribution in [0.3, 0.4) is 0 Å². The molecule has 0 aromatic heterocycles. The summed E-state index contributed by atoms with van der Waals surface area (Å²) in [6.45, 7) is 9.19. The highest BCUT2D eigenvalue weighted by atomic mass is 32.2. The van der Waals surface area contributed by atoms with Crippen molar-refractivity contribution in [1.29, 1.82) is 0 Å². The smallest absolute Gasteiger partial charge is 0.0247 e. The molecule has 2 atom stereocenters. The molecule has 0 aromatic rings. The van der Waals surface area contributed by atoms with Crippen molar-refractivity contribution in [1.82, 2.24) is 0 Å². The van der Waals surface area contributed by atoms with E-state index in [0.717, 1.165) is 12.3 Å². The van der Waals surface area contributed by atoms with Crippen molar-refractivity contribution >= 4 is 11.8 Å². The van der Waals surface area contributed by atoms with Gasteiger partial charge >= 0.3 is 0 Å². The van der Waals surface area contributed by atoms with Crippen molar-refractivity contribution in [2.45, 2.75) is 71.1 Å². The molecule has 0 spiro atoms. The van der Waals surface area contributed by atoms with Crippen LogP contribution in [0.4, 0.5) is 0 Å². The third kappa shape index (κ3) is 4.29. The molecule has 0 saturated heterocycles. The van der Waals surface area contributed by atoms with Crippen LogP contribution >= 0.6 is 11.8 Å². The van der Waals surface area contributed by atoms with Crippen molar-refractivity contribution in [2.24, 2.45) is 17.1 Å². The van der Waals surface area contributed by atoms with Gasteiger partial charge in [0.2, 0.25) is 0 Å². The predicted molar refractivity (Wildman–Crippen MR) is 75.9 cm³/mol. The van der Waals surface area contributed by atoms with Gasteiger partial charge in [-0.15, -0.1) is 0 Å². The van der Waals surface area contributed by atoms with Crippen LogP contribution in [0.15, 0.2) is 0 Å². The Balaban J connectivity index is 2.43. The summed E-state index contributed by atoms with van der Waals surface area (Å²) in [5.74, 6) is 2.30. The average molecular weight is 243 g/mol. The minimum atomic E-state index is 0.332. The van der Waals surface area contributed by atoms with Crippen LogP contribution in [0, 0.1) is 11.3 Å². The third-order valence-corrected chi connectivity index (χ3v) is 5.78. The molecule has 1 aliphatic rings. The first-order valence-corrected chi connectivity index (χ1v) is 7.87. The molecule has 1 nitrogen and oxygen atoms in total. The van der Waals surface area contributed by atoms with E-state index in [0.29, 0.717) is 16.7 Å². The van der Waals surface area contributed by atoms with E-state index in [1.54, 1.807) is 0 Å². The van der Waals surface area contributed by atoms with Gasteiger partial charge in [0.05, 0.1) is 0 Å². The normalized spacial score (nSPS) is 22.3. The van der Waals surface area contributed by atoms with E-state index in [-0.39, 0.29) is 0 Å². The maximum atomic E-state index is 6.27. The maximum Gasteiger partial charge on any atom is 0.0247 e. The SMILES string of the molecule is CCC(N)C(SCC1CCCC1)C(C)(C)C. The second-order valence-electron chi connectivity index (χ2n) is 6.34. The van der Waals surface area contributed by atoms with Crippen molar-refractivity contribution < 1.29 is 0 Å². The molecule has 1 rings (SSSR count). The molecule has 0 bridgehead atoms. The van der Waals surface area contributed by atoms with Gasteiger partial charge in [0.1, 0.15) is 0 Å². The van der Waals surface area contributed by atoms with Gasteiger partial charge in [-0.2, -0.15) is 11.8 Å². The highest BCUT2D eigenvalue weighted by Gasteiger charge is 2.30. The number of nitrogens with two attached hydrogens (primary N) is 1. The Morgan fingerprint density at radius 1 is 1.25 bits per heavy atom. The molecular weight excluding hydrogens is 214 g/mol. The molecule has 96 valence electrons. The number of rotatable bonds is 5. The molecule has 0 amide bonds. The monoisotopic (exact) mass is 243 g/mol. The summed E-state index contributed by atoms with van der Waals surface area (Å²) in [4.78, 5) is 0. The summed E-state index contributed by atoms with van der Waals surface area (Å²) in [6.07, 6.45) is 6.90. The first-order chi connectivity index (χ1) is 7.45. The molecule has 0 aromatic carbocycles. The van der Waals surface area contributed by atoms with Crippen LogP contribution in [0.1, 0.15) is 59.8 Å². The van der Waals surface area contributed by atoms with Crippen LogP contribution in [-0.4, -0.2) is 17.0 Å². The van der Waals surface area contributed by atoms with Crippen LogP contribution < -0.4 is 5.73 Å². The number of hydrogen-bond donors (Lipinski definition) is 1. The molecule has 0 radical (unpaired) electrons. The van der Waals surface area contributed by atoms with Gasteiger partial charge < -0.3 is 5.73 Å². The van der Waals surface area contributed by atoms with Crippen molar-refractivity contribution in [3.05, 3.63) is 0 Å². The summed E-state index contributed by atoms with van der Waals surface area (Å²) >= 11 is 2.13. The largest absolute Gasteiger partial charge is 0.327 e. The summed E-state index contributed by atoms with van der Waals surface area (Å²) in [7, 11) is 0. The molecule has 1 aliphatic carbocycles. The van der Waals surface area contributed by atoms with E-state index in [4.69, 9.17) is 5.73 Å². The van der Waals surface area contributed by atoms with Gasteiger partial charge in [-0.3, -0.25) is 0 Å². The Bertz CT molecular complexity index is 191. The van der Waals surface area contributed by atoms with Crippen LogP contribution in [0.2, 0.25) is 0 Å². The maximum absolute atomic E-state index is 6.27. The first-order valence-electron chi connectivity index (χ1n) is 6.82. The second-order valence-corrected chi connectivity index (χ2v) is 7.52.